The van der Waals surface area contributed by atoms with Gasteiger partial charge in [-0.3, -0.25) is 19.9 Å². The zero-order valence-electron chi connectivity index (χ0n) is 60.0. The first-order valence-electron chi connectivity index (χ1n) is 34.0. The van der Waals surface area contributed by atoms with E-state index in [-0.39, 0.29) is 92.3 Å². The van der Waals surface area contributed by atoms with Crippen molar-refractivity contribution in [1.29, 1.82) is 0 Å². The van der Waals surface area contributed by atoms with Gasteiger partial charge in [-0.15, -0.1) is 144 Å². The Morgan fingerprint density at radius 1 is 0.308 bits per heavy atom. The van der Waals surface area contributed by atoms with Crippen LogP contribution in [0.15, 0.2) is 249 Å². The summed E-state index contributed by atoms with van der Waals surface area (Å²) in [5, 5.41) is 0. The van der Waals surface area contributed by atoms with E-state index in [4.69, 9.17) is 46.2 Å². The Bertz CT molecular complexity index is 5940. The average molecular weight is 2100 g/mol. The fourth-order valence-electron chi connectivity index (χ4n) is 13.5. The maximum absolute atomic E-state index is 7.59. The van der Waals surface area contributed by atoms with Gasteiger partial charge in [-0.05, 0) is 146 Å². The second-order valence-electron chi connectivity index (χ2n) is 25.6. The monoisotopic (exact) mass is 2100 g/mol. The fraction of sp³-hybridized carbons (Fsp3) is 0.121. The van der Waals surface area contributed by atoms with E-state index in [1.807, 2.05) is 228 Å². The van der Waals surface area contributed by atoms with Crippen molar-refractivity contribution in [3.63, 3.8) is 0 Å². The number of hydrogen-bond donors (Lipinski definition) is 0. The second-order valence-corrected chi connectivity index (χ2v) is 25.6. The molecule has 0 bridgehead atoms. The molecule has 0 spiro atoms. The summed E-state index contributed by atoms with van der Waals surface area (Å²) in [5.74, 6) is 3.99. The van der Waals surface area contributed by atoms with Gasteiger partial charge in [0.05, 0.1) is 93.7 Å². The molecule has 0 unspecified atom stereocenters. The molecule has 0 aliphatic carbocycles. The first-order chi connectivity index (χ1) is 50.2. The minimum absolute atomic E-state index is 0. The molecule has 0 N–H and O–H groups in total. The largest absolute Gasteiger partial charge is 0.334 e. The molecule has 4 heterocycles. The molecular weight excluding hydrogens is 2030 g/mol. The summed E-state index contributed by atoms with van der Waals surface area (Å²) in [6, 6.07) is 94.8. The van der Waals surface area contributed by atoms with Gasteiger partial charge < -0.3 is 18.3 Å². The third-order valence-electron chi connectivity index (χ3n) is 18.1. The summed E-state index contributed by atoms with van der Waals surface area (Å²) in [6.07, 6.45) is 0. The predicted molar refractivity (Wildman–Crippen MR) is 418 cm³/mol. The third-order valence-corrected chi connectivity index (χ3v) is 18.1. The number of benzene rings is 12. The molecule has 12 nitrogen and oxygen atoms in total. The average Bonchev–Trinajstić information content (AvgIpc) is 1.67. The smallest absolute Gasteiger partial charge is 0.195 e. The summed E-state index contributed by atoms with van der Waals surface area (Å²) in [5.41, 5.74) is 26.3. The van der Waals surface area contributed by atoms with Gasteiger partial charge >= 0.3 is 0 Å². The van der Waals surface area contributed by atoms with Crippen LogP contribution in [0.4, 0.5) is 22.7 Å². The van der Waals surface area contributed by atoms with Crippen LogP contribution < -0.4 is 0 Å². The van der Waals surface area contributed by atoms with E-state index >= 15 is 0 Å². The van der Waals surface area contributed by atoms with Crippen LogP contribution in [0.5, 0.6) is 0 Å². The SMILES string of the molecule is [C-]#[N+]c1c(C)cc(C)c(-n2c(-c3[c-]cccc3)nc3ccccc32)c1C.[C-]#[N+]c1cc(C(C)C)c(-n2c(-c3[c-]cccc3)nc3ccccc32)c(C(C)C)c1.[C-]#[N+]c1cc(C)c(-n2c(-c3[c-]cccc3)nc3ccccc32)c(C)c1.[C-]#[N+]c1ccc(-n2c(-c3[c-]cccc3)nc3ccccc32)cc1.[Ir].[Ir].[Ir].[Ir]. The van der Waals surface area contributed by atoms with E-state index in [0.717, 1.165) is 140 Å². The molecule has 107 heavy (non-hydrogen) atoms. The molecule has 16 aromatic rings. The van der Waals surface area contributed by atoms with Gasteiger partial charge in [0, 0.05) is 103 Å². The number of para-hydroxylation sites is 8. The third kappa shape index (κ3) is 16.6. The second kappa shape index (κ2) is 35.9. The van der Waals surface area contributed by atoms with Crippen LogP contribution in [-0.2, 0) is 80.4 Å². The molecule has 12 aromatic carbocycles. The fourth-order valence-corrected chi connectivity index (χ4v) is 13.5. The number of fused-ring (bicyclic) bond motifs is 4. The van der Waals surface area contributed by atoms with Crippen LogP contribution in [0, 0.1) is 85.2 Å². The molecule has 0 saturated heterocycles. The maximum Gasteiger partial charge on any atom is 0.195 e. The molecule has 16 rings (SSSR count). The van der Waals surface area contributed by atoms with Gasteiger partial charge in [0.25, 0.3) is 0 Å². The van der Waals surface area contributed by atoms with Gasteiger partial charge in [0.2, 0.25) is 0 Å². The molecule has 0 saturated carbocycles. The Hall–Kier alpha value is -10.9. The van der Waals surface area contributed by atoms with E-state index in [0.29, 0.717) is 22.7 Å². The van der Waals surface area contributed by atoms with E-state index in [9.17, 15) is 0 Å². The Labute approximate surface area is 679 Å². The number of nitrogens with zero attached hydrogens (tertiary/aromatic N) is 12. The molecule has 0 atom stereocenters. The number of aromatic nitrogens is 8. The van der Waals surface area contributed by atoms with Crippen LogP contribution in [0.1, 0.15) is 78.5 Å². The molecule has 16 heteroatoms. The van der Waals surface area contributed by atoms with Crippen molar-refractivity contribution in [3.8, 4) is 68.3 Å². The van der Waals surface area contributed by atoms with Gasteiger partial charge in [-0.2, -0.15) is 0 Å². The normalized spacial score (nSPS) is 10.5. The summed E-state index contributed by atoms with van der Waals surface area (Å²) < 4.78 is 8.72. The molecule has 534 valence electrons. The summed E-state index contributed by atoms with van der Waals surface area (Å²) in [4.78, 5) is 34.0. The van der Waals surface area contributed by atoms with Crippen LogP contribution in [0.3, 0.4) is 0 Å². The summed E-state index contributed by atoms with van der Waals surface area (Å²) >= 11 is 0. The van der Waals surface area contributed by atoms with Crippen molar-refractivity contribution < 1.29 is 80.4 Å². The molecule has 0 aliphatic rings. The molecule has 0 aliphatic heterocycles. The van der Waals surface area contributed by atoms with Gasteiger partial charge in [0.1, 0.15) is 0 Å². The topological polar surface area (TPSA) is 88.7 Å². The number of rotatable bonds is 10. The Kier molecular flexibility index (Phi) is 26.9. The molecule has 0 fully saturated rings. The van der Waals surface area contributed by atoms with Crippen molar-refractivity contribution in [2.75, 3.05) is 0 Å². The quantitative estimate of drug-likeness (QED) is 0.128. The molecule has 4 radical (unpaired) electrons. The summed E-state index contributed by atoms with van der Waals surface area (Å²) in [6.45, 7) is 48.5. The van der Waals surface area contributed by atoms with E-state index in [1.165, 1.54) is 11.1 Å². The molecule has 0 amide bonds. The first kappa shape index (κ1) is 80.2. The van der Waals surface area contributed by atoms with E-state index in [2.05, 4.69) is 145 Å². The number of aryl methyl sites for hydroxylation is 4. The van der Waals surface area contributed by atoms with Crippen molar-refractivity contribution in [3.05, 3.63) is 358 Å². The molecule has 4 aromatic heterocycles. The van der Waals surface area contributed by atoms with Crippen LogP contribution in [-0.4, -0.2) is 38.2 Å². The van der Waals surface area contributed by atoms with Gasteiger partial charge in [0.15, 0.2) is 22.7 Å². The predicted octanol–water partition coefficient (Wildman–Crippen LogP) is 24.0. The zero-order valence-corrected chi connectivity index (χ0v) is 69.6. The minimum atomic E-state index is 0. The standard InChI is InChI=1S/C26H24N3.C23H18N3.C22H16N3.C20H12N3.4Ir/c1-17(2)21-15-20(27-5)16-22(18(3)4)25(21)29-24-14-10-9-13-23(24)28-26(29)19-11-7-6-8-12-19;1-15-14-16(2)22(17(3)21(15)24-4)26-20-13-9-8-12-19(20)25-23(26)18-10-6-5-7-11-18;1-15-13-18(23-3)14-16(2)21(15)25-20-12-8-7-11-19(20)24-22(25)17-9-5-4-6-10-17;1-21-16-11-13-17(14-12-16)23-19-10-6-5-9-18(19)22-20(23)15-7-3-2-4-8-15;;;;/h6-11,13-18H,1-4H3;5-10,12-14H,1-3H3;4-9,11-14H,1-2H3;2-7,9-14H;;;;/q4*-1;;;;. The van der Waals surface area contributed by atoms with Crippen molar-refractivity contribution >= 4 is 66.9 Å². The Balaban J connectivity index is 0.000000163. The van der Waals surface area contributed by atoms with Crippen molar-refractivity contribution in [1.82, 2.24) is 38.2 Å². The van der Waals surface area contributed by atoms with Crippen molar-refractivity contribution in [2.24, 2.45) is 0 Å². The number of hydrogen-bond acceptors (Lipinski definition) is 4. The van der Waals surface area contributed by atoms with E-state index < -0.39 is 0 Å². The Morgan fingerprint density at radius 2 is 0.617 bits per heavy atom. The number of imidazole rings is 4. The van der Waals surface area contributed by atoms with Crippen molar-refractivity contribution in [2.45, 2.75) is 74.1 Å². The zero-order chi connectivity index (χ0) is 71.8. The van der Waals surface area contributed by atoms with E-state index in [1.54, 1.807) is 0 Å². The van der Waals surface area contributed by atoms with Crippen LogP contribution >= 0.6 is 0 Å². The maximum atomic E-state index is 7.59. The van der Waals surface area contributed by atoms with Gasteiger partial charge in [-0.1, -0.05) is 119 Å². The van der Waals surface area contributed by atoms with Crippen LogP contribution in [0.25, 0.3) is 132 Å². The first-order valence-corrected chi connectivity index (χ1v) is 34.0. The minimum Gasteiger partial charge on any atom is -0.334 e. The van der Waals surface area contributed by atoms with Crippen LogP contribution in [0.2, 0.25) is 0 Å². The summed E-state index contributed by atoms with van der Waals surface area (Å²) in [7, 11) is 0. The molecular formula is C91H70Ir4N12-4. The van der Waals surface area contributed by atoms with Gasteiger partial charge in [-0.25, -0.2) is 19.4 Å². The Morgan fingerprint density at radius 3 is 0.953 bits per heavy atom.